The summed E-state index contributed by atoms with van der Waals surface area (Å²) in [4.78, 5) is 2.54. The third-order valence-electron chi connectivity index (χ3n) is 3.96. The first-order valence-corrected chi connectivity index (χ1v) is 7.31. The minimum Gasteiger partial charge on any atom is -0.303 e. The van der Waals surface area contributed by atoms with E-state index in [4.69, 9.17) is 0 Å². The van der Waals surface area contributed by atoms with Gasteiger partial charge in [-0.3, -0.25) is 4.90 Å². The van der Waals surface area contributed by atoms with Gasteiger partial charge in [-0.1, -0.05) is 30.3 Å². The monoisotopic (exact) mass is 307 g/mol. The van der Waals surface area contributed by atoms with Crippen LogP contribution in [-0.2, 0) is 6.54 Å². The molecule has 4 heteroatoms. The van der Waals surface area contributed by atoms with Crippen molar-refractivity contribution in [3.63, 3.8) is 0 Å². The summed E-state index contributed by atoms with van der Waals surface area (Å²) in [5.41, 5.74) is 4.96. The maximum atomic E-state index is 4.29. The minimum atomic E-state index is 0.228. The molecule has 1 aromatic rings. The van der Waals surface area contributed by atoms with E-state index in [1.165, 1.54) is 18.4 Å². The number of piperidine rings is 1. The molecule has 2 aliphatic rings. The van der Waals surface area contributed by atoms with Crippen LogP contribution in [0.25, 0.3) is 0 Å². The molecular formula is C14H18BrN3. The number of hydrogen-bond acceptors (Lipinski definition) is 3. The van der Waals surface area contributed by atoms with E-state index in [2.05, 4.69) is 61.7 Å². The highest BCUT2D eigenvalue weighted by atomic mass is 79.9. The van der Waals surface area contributed by atoms with Gasteiger partial charge in [-0.15, -0.1) is 0 Å². The highest BCUT2D eigenvalue weighted by molar-refractivity contribution is 9.18. The third-order valence-corrected chi connectivity index (χ3v) is 4.42. The Bertz CT molecular complexity index is 436. The van der Waals surface area contributed by atoms with Gasteiger partial charge in [0.1, 0.15) is 4.62 Å². The molecule has 0 saturated carbocycles. The summed E-state index contributed by atoms with van der Waals surface area (Å²) in [7, 11) is 0. The zero-order valence-electron chi connectivity index (χ0n) is 10.4. The van der Waals surface area contributed by atoms with Crippen molar-refractivity contribution in [2.75, 3.05) is 13.1 Å². The predicted molar refractivity (Wildman–Crippen MR) is 77.8 cm³/mol. The van der Waals surface area contributed by atoms with Crippen molar-refractivity contribution in [1.82, 2.24) is 10.3 Å². The fourth-order valence-electron chi connectivity index (χ4n) is 2.81. The standard InChI is InChI=1S/C14H18BrN3/c15-13-10-14(17-16-13)6-8-18(9-7-14)11-12-4-2-1-3-5-12/h1-5,17H,6-11H2. The van der Waals surface area contributed by atoms with Gasteiger partial charge < -0.3 is 5.43 Å². The minimum absolute atomic E-state index is 0.228. The molecule has 0 aliphatic carbocycles. The van der Waals surface area contributed by atoms with Crippen molar-refractivity contribution in [3.8, 4) is 0 Å². The second-order valence-electron chi connectivity index (χ2n) is 5.32. The number of likely N-dealkylation sites (tertiary alicyclic amines) is 1. The van der Waals surface area contributed by atoms with Crippen LogP contribution in [0.2, 0.25) is 0 Å². The molecule has 1 spiro atoms. The predicted octanol–water partition coefficient (Wildman–Crippen LogP) is 2.72. The van der Waals surface area contributed by atoms with E-state index in [1.807, 2.05) is 0 Å². The Kier molecular flexibility index (Phi) is 3.39. The van der Waals surface area contributed by atoms with Crippen LogP contribution in [0.1, 0.15) is 24.8 Å². The van der Waals surface area contributed by atoms with E-state index in [0.29, 0.717) is 0 Å². The smallest absolute Gasteiger partial charge is 0.105 e. The lowest BCUT2D eigenvalue weighted by molar-refractivity contribution is 0.141. The summed E-state index contributed by atoms with van der Waals surface area (Å²) >= 11 is 3.49. The number of benzene rings is 1. The topological polar surface area (TPSA) is 27.6 Å². The lowest BCUT2D eigenvalue weighted by Gasteiger charge is -2.38. The summed E-state index contributed by atoms with van der Waals surface area (Å²) in [6.45, 7) is 3.37. The average Bonchev–Trinajstić information content (AvgIpc) is 2.75. The van der Waals surface area contributed by atoms with Crippen LogP contribution in [0.5, 0.6) is 0 Å². The highest BCUT2D eigenvalue weighted by Gasteiger charge is 2.38. The molecule has 96 valence electrons. The summed E-state index contributed by atoms with van der Waals surface area (Å²) in [5, 5.41) is 4.29. The molecule has 0 unspecified atom stereocenters. The first-order chi connectivity index (χ1) is 8.76. The average molecular weight is 308 g/mol. The molecule has 0 aromatic heterocycles. The van der Waals surface area contributed by atoms with Crippen molar-refractivity contribution in [3.05, 3.63) is 35.9 Å². The number of hydrogen-bond donors (Lipinski definition) is 1. The molecule has 2 heterocycles. The van der Waals surface area contributed by atoms with E-state index < -0.39 is 0 Å². The number of nitrogens with one attached hydrogen (secondary N) is 1. The van der Waals surface area contributed by atoms with E-state index in [9.17, 15) is 0 Å². The summed E-state index contributed by atoms with van der Waals surface area (Å²) in [6, 6.07) is 10.7. The Labute approximate surface area is 116 Å². The first-order valence-electron chi connectivity index (χ1n) is 6.51. The number of halogens is 1. The second kappa shape index (κ2) is 5.02. The lowest BCUT2D eigenvalue weighted by atomic mass is 9.86. The van der Waals surface area contributed by atoms with Gasteiger partial charge in [0.25, 0.3) is 0 Å². The Hall–Kier alpha value is -0.870. The second-order valence-corrected chi connectivity index (χ2v) is 6.23. The molecule has 0 radical (unpaired) electrons. The largest absolute Gasteiger partial charge is 0.303 e. The molecule has 2 aliphatic heterocycles. The third kappa shape index (κ3) is 2.59. The van der Waals surface area contributed by atoms with E-state index in [-0.39, 0.29) is 5.54 Å². The van der Waals surface area contributed by atoms with E-state index >= 15 is 0 Å². The van der Waals surface area contributed by atoms with Crippen LogP contribution < -0.4 is 5.43 Å². The normalized spacial score (nSPS) is 22.8. The Balaban J connectivity index is 1.55. The van der Waals surface area contributed by atoms with Crippen LogP contribution in [0, 0.1) is 0 Å². The van der Waals surface area contributed by atoms with Gasteiger partial charge in [-0.2, -0.15) is 5.10 Å². The lowest BCUT2D eigenvalue weighted by Crippen LogP contribution is -2.49. The quantitative estimate of drug-likeness (QED) is 0.910. The van der Waals surface area contributed by atoms with Crippen molar-refractivity contribution in [2.45, 2.75) is 31.3 Å². The Morgan fingerprint density at radius 1 is 1.22 bits per heavy atom. The van der Waals surface area contributed by atoms with Crippen LogP contribution in [-0.4, -0.2) is 28.1 Å². The van der Waals surface area contributed by atoms with E-state index in [0.717, 1.165) is 30.7 Å². The van der Waals surface area contributed by atoms with Crippen LogP contribution in [0.15, 0.2) is 35.4 Å². The first kappa shape index (κ1) is 12.2. The van der Waals surface area contributed by atoms with Gasteiger partial charge >= 0.3 is 0 Å². The zero-order valence-corrected chi connectivity index (χ0v) is 12.0. The van der Waals surface area contributed by atoms with Crippen molar-refractivity contribution in [1.29, 1.82) is 0 Å². The van der Waals surface area contributed by atoms with Gasteiger partial charge in [0.05, 0.1) is 5.54 Å². The maximum Gasteiger partial charge on any atom is 0.105 e. The molecule has 1 aromatic carbocycles. The van der Waals surface area contributed by atoms with Crippen molar-refractivity contribution < 1.29 is 0 Å². The molecule has 0 amide bonds. The Morgan fingerprint density at radius 2 is 1.94 bits per heavy atom. The molecular weight excluding hydrogens is 290 g/mol. The van der Waals surface area contributed by atoms with Crippen LogP contribution in [0.4, 0.5) is 0 Å². The maximum absolute atomic E-state index is 4.29. The number of hydrazone groups is 1. The molecule has 0 bridgehead atoms. The SMILES string of the molecule is BrC1=NNC2(CCN(Cc3ccccc3)CC2)C1. The van der Waals surface area contributed by atoms with Crippen LogP contribution >= 0.6 is 15.9 Å². The van der Waals surface area contributed by atoms with Gasteiger partial charge in [0.15, 0.2) is 0 Å². The molecule has 3 nitrogen and oxygen atoms in total. The number of rotatable bonds is 2. The Morgan fingerprint density at radius 3 is 2.56 bits per heavy atom. The molecule has 1 saturated heterocycles. The summed E-state index contributed by atoms with van der Waals surface area (Å²) in [6.07, 6.45) is 3.41. The van der Waals surface area contributed by atoms with Crippen molar-refractivity contribution >= 4 is 20.6 Å². The summed E-state index contributed by atoms with van der Waals surface area (Å²) < 4.78 is 1.07. The molecule has 1 fully saturated rings. The number of nitrogens with zero attached hydrogens (tertiary/aromatic N) is 2. The van der Waals surface area contributed by atoms with Gasteiger partial charge in [-0.05, 0) is 34.3 Å². The van der Waals surface area contributed by atoms with E-state index in [1.54, 1.807) is 0 Å². The van der Waals surface area contributed by atoms with Gasteiger partial charge in [0.2, 0.25) is 0 Å². The highest BCUT2D eigenvalue weighted by Crippen LogP contribution is 2.31. The van der Waals surface area contributed by atoms with Gasteiger partial charge in [0, 0.05) is 26.1 Å². The van der Waals surface area contributed by atoms with Crippen molar-refractivity contribution in [2.24, 2.45) is 5.10 Å². The molecule has 0 atom stereocenters. The van der Waals surface area contributed by atoms with Crippen LogP contribution in [0.3, 0.4) is 0 Å². The van der Waals surface area contributed by atoms with Gasteiger partial charge in [-0.25, -0.2) is 0 Å². The summed E-state index contributed by atoms with van der Waals surface area (Å²) in [5.74, 6) is 0. The fraction of sp³-hybridized carbons (Fsp3) is 0.500. The molecule has 18 heavy (non-hydrogen) atoms. The zero-order chi connectivity index (χ0) is 12.4. The molecule has 3 rings (SSSR count). The fourth-order valence-corrected chi connectivity index (χ4v) is 3.43. The molecule has 1 N–H and O–H groups in total.